The van der Waals surface area contributed by atoms with Crippen molar-refractivity contribution in [3.63, 3.8) is 0 Å². The summed E-state index contributed by atoms with van der Waals surface area (Å²) >= 11 is 7.75. The summed E-state index contributed by atoms with van der Waals surface area (Å²) in [6.07, 6.45) is 2.19. The number of hydrogen-bond acceptors (Lipinski definition) is 5. The second-order valence-electron chi connectivity index (χ2n) is 7.92. The average molecular weight is 771 g/mol. The number of carbonyl (C=O) groups excluding carboxylic acids is 1. The van der Waals surface area contributed by atoms with Gasteiger partial charge in [0.25, 0.3) is 11.5 Å². The highest BCUT2D eigenvalue weighted by Crippen LogP contribution is 2.28. The van der Waals surface area contributed by atoms with Gasteiger partial charge in [-0.25, -0.2) is 4.98 Å². The van der Waals surface area contributed by atoms with Crippen molar-refractivity contribution < 1.29 is 9.53 Å². The fraction of sp³-hybridized carbons (Fsp3) is 0.154. The van der Waals surface area contributed by atoms with E-state index >= 15 is 0 Å². The van der Waals surface area contributed by atoms with E-state index in [2.05, 4.69) is 76.5 Å². The first-order valence-electron chi connectivity index (χ1n) is 11.0. The number of fused-ring (bicyclic) bond motifs is 1. The molecule has 0 aliphatic heterocycles. The Morgan fingerprint density at radius 3 is 2.50 bits per heavy atom. The summed E-state index contributed by atoms with van der Waals surface area (Å²) in [5.41, 5.74) is 3.06. The van der Waals surface area contributed by atoms with E-state index in [4.69, 9.17) is 4.74 Å². The van der Waals surface area contributed by atoms with Gasteiger partial charge in [-0.1, -0.05) is 40.5 Å². The molecule has 1 N–H and O–H groups in total. The SMILES string of the molecule is CCc1nc2ccc(Br)cc2c(=O)n1N=Cc1cc(I)c(OCC(=O)Nc2ccc(C)cc2)c(I)c1. The van der Waals surface area contributed by atoms with E-state index in [0.717, 1.165) is 28.4 Å². The van der Waals surface area contributed by atoms with Gasteiger partial charge in [-0.15, -0.1) is 0 Å². The topological polar surface area (TPSA) is 85.6 Å². The van der Waals surface area contributed by atoms with Crippen LogP contribution in [0.15, 0.2) is 69.0 Å². The summed E-state index contributed by atoms with van der Waals surface area (Å²) in [6.45, 7) is 3.82. The summed E-state index contributed by atoms with van der Waals surface area (Å²) in [4.78, 5) is 30.0. The number of ether oxygens (including phenoxy) is 1. The van der Waals surface area contributed by atoms with Crippen molar-refractivity contribution in [2.45, 2.75) is 20.3 Å². The molecule has 0 radical (unpaired) electrons. The van der Waals surface area contributed by atoms with Gasteiger partial charge in [0, 0.05) is 16.6 Å². The van der Waals surface area contributed by atoms with Crippen molar-refractivity contribution in [3.8, 4) is 5.75 Å². The van der Waals surface area contributed by atoms with Crippen LogP contribution in [-0.2, 0) is 11.2 Å². The van der Waals surface area contributed by atoms with Crippen LogP contribution in [0.25, 0.3) is 10.9 Å². The van der Waals surface area contributed by atoms with Crippen LogP contribution in [0.1, 0.15) is 23.9 Å². The first-order valence-corrected chi connectivity index (χ1v) is 13.9. The summed E-state index contributed by atoms with van der Waals surface area (Å²) < 4.78 is 9.62. The summed E-state index contributed by atoms with van der Waals surface area (Å²) in [7, 11) is 0. The van der Waals surface area contributed by atoms with E-state index in [-0.39, 0.29) is 18.1 Å². The molecule has 0 aliphatic rings. The van der Waals surface area contributed by atoms with Crippen molar-refractivity contribution in [2.24, 2.45) is 5.10 Å². The minimum atomic E-state index is -0.238. The Hall–Kier alpha value is -2.32. The molecular weight excluding hydrogens is 750 g/mol. The minimum Gasteiger partial charge on any atom is -0.482 e. The van der Waals surface area contributed by atoms with Crippen molar-refractivity contribution in [1.82, 2.24) is 9.66 Å². The molecule has 7 nitrogen and oxygen atoms in total. The number of benzene rings is 3. The van der Waals surface area contributed by atoms with Crippen molar-refractivity contribution in [1.29, 1.82) is 0 Å². The van der Waals surface area contributed by atoms with Crippen LogP contribution >= 0.6 is 61.1 Å². The molecule has 0 saturated heterocycles. The van der Waals surface area contributed by atoms with Crippen LogP contribution in [-0.4, -0.2) is 28.4 Å². The lowest BCUT2D eigenvalue weighted by Crippen LogP contribution is -2.22. The Kier molecular flexibility index (Phi) is 8.78. The number of hydrogen-bond donors (Lipinski definition) is 1. The third kappa shape index (κ3) is 6.32. The maximum absolute atomic E-state index is 13.1. The monoisotopic (exact) mass is 770 g/mol. The lowest BCUT2D eigenvalue weighted by Gasteiger charge is -2.12. The minimum absolute atomic E-state index is 0.110. The summed E-state index contributed by atoms with van der Waals surface area (Å²) in [6, 6.07) is 16.8. The van der Waals surface area contributed by atoms with Crippen LogP contribution in [0, 0.1) is 14.1 Å². The first kappa shape index (κ1) is 26.7. The molecule has 4 rings (SSSR count). The van der Waals surface area contributed by atoms with E-state index in [0.29, 0.717) is 28.9 Å². The van der Waals surface area contributed by atoms with Crippen molar-refractivity contribution >= 4 is 89.8 Å². The Bertz CT molecular complexity index is 1510. The summed E-state index contributed by atoms with van der Waals surface area (Å²) in [5, 5.41) is 7.78. The predicted octanol–water partition coefficient (Wildman–Crippen LogP) is 6.14. The van der Waals surface area contributed by atoms with Gasteiger partial charge in [-0.3, -0.25) is 9.59 Å². The molecule has 184 valence electrons. The van der Waals surface area contributed by atoms with Crippen LogP contribution < -0.4 is 15.6 Å². The van der Waals surface area contributed by atoms with Gasteiger partial charge < -0.3 is 10.1 Å². The number of amides is 1. The highest BCUT2D eigenvalue weighted by molar-refractivity contribution is 14.1. The number of nitrogens with zero attached hydrogens (tertiary/aromatic N) is 3. The van der Waals surface area contributed by atoms with Gasteiger partial charge in [0.1, 0.15) is 11.6 Å². The molecule has 1 heterocycles. The van der Waals surface area contributed by atoms with Crippen molar-refractivity contribution in [3.05, 3.63) is 93.5 Å². The highest BCUT2D eigenvalue weighted by Gasteiger charge is 2.13. The number of rotatable bonds is 7. The predicted molar refractivity (Wildman–Crippen MR) is 163 cm³/mol. The van der Waals surface area contributed by atoms with Gasteiger partial charge in [-0.05, 0) is 100 Å². The normalized spacial score (nSPS) is 11.2. The van der Waals surface area contributed by atoms with Gasteiger partial charge in [-0.2, -0.15) is 9.78 Å². The molecule has 3 aromatic carbocycles. The van der Waals surface area contributed by atoms with E-state index in [1.165, 1.54) is 4.68 Å². The van der Waals surface area contributed by atoms with E-state index in [9.17, 15) is 9.59 Å². The Morgan fingerprint density at radius 2 is 1.83 bits per heavy atom. The maximum Gasteiger partial charge on any atom is 0.282 e. The van der Waals surface area contributed by atoms with Crippen LogP contribution in [0.5, 0.6) is 5.75 Å². The first-order chi connectivity index (χ1) is 17.2. The number of carbonyl (C=O) groups is 1. The molecule has 4 aromatic rings. The Balaban J connectivity index is 1.52. The smallest absolute Gasteiger partial charge is 0.282 e. The summed E-state index contributed by atoms with van der Waals surface area (Å²) in [5.74, 6) is 0.962. The molecule has 0 fully saturated rings. The molecule has 0 spiro atoms. The molecule has 0 unspecified atom stereocenters. The second kappa shape index (κ2) is 11.8. The van der Waals surface area contributed by atoms with Crippen molar-refractivity contribution in [2.75, 3.05) is 11.9 Å². The molecule has 0 aliphatic carbocycles. The quantitative estimate of drug-likeness (QED) is 0.181. The van der Waals surface area contributed by atoms with Gasteiger partial charge >= 0.3 is 0 Å². The fourth-order valence-corrected chi connectivity index (χ4v) is 5.92. The zero-order valence-corrected chi connectivity index (χ0v) is 25.3. The molecular formula is C26H21BrI2N4O3. The molecule has 36 heavy (non-hydrogen) atoms. The Labute approximate surface area is 243 Å². The Morgan fingerprint density at radius 1 is 1.14 bits per heavy atom. The fourth-order valence-electron chi connectivity index (χ4n) is 3.43. The zero-order valence-electron chi connectivity index (χ0n) is 19.4. The molecule has 0 atom stereocenters. The second-order valence-corrected chi connectivity index (χ2v) is 11.2. The molecule has 0 saturated carbocycles. The largest absolute Gasteiger partial charge is 0.482 e. The average Bonchev–Trinajstić information content (AvgIpc) is 2.84. The number of anilines is 1. The lowest BCUT2D eigenvalue weighted by atomic mass is 10.2. The number of aromatic nitrogens is 2. The third-order valence-corrected chi connectivity index (χ3v) is 7.31. The standard InChI is InChI=1S/C26H21BrI2N4O3/c1-3-23-32-22-9-6-17(27)12-19(22)26(35)33(23)30-13-16-10-20(28)25(21(29)11-16)36-14-24(34)31-18-7-4-15(2)5-8-18/h4-13H,3,14H2,1-2H3,(H,31,34). The lowest BCUT2D eigenvalue weighted by molar-refractivity contribution is -0.118. The van der Waals surface area contributed by atoms with Crippen LogP contribution in [0.2, 0.25) is 0 Å². The van der Waals surface area contributed by atoms with Gasteiger partial charge in [0.05, 0.1) is 24.3 Å². The van der Waals surface area contributed by atoms with E-state index < -0.39 is 0 Å². The van der Waals surface area contributed by atoms with E-state index in [1.54, 1.807) is 12.3 Å². The molecule has 10 heteroatoms. The molecule has 0 bridgehead atoms. The molecule has 1 amide bonds. The van der Waals surface area contributed by atoms with Crippen LogP contribution in [0.3, 0.4) is 0 Å². The van der Waals surface area contributed by atoms with Crippen LogP contribution in [0.4, 0.5) is 5.69 Å². The molecule has 1 aromatic heterocycles. The van der Waals surface area contributed by atoms with Gasteiger partial charge in [0.15, 0.2) is 6.61 Å². The highest BCUT2D eigenvalue weighted by atomic mass is 127. The zero-order chi connectivity index (χ0) is 25.8. The van der Waals surface area contributed by atoms with Gasteiger partial charge in [0.2, 0.25) is 0 Å². The number of halogens is 3. The number of nitrogens with one attached hydrogen (secondary N) is 1. The maximum atomic E-state index is 13.1. The van der Waals surface area contributed by atoms with E-state index in [1.807, 2.05) is 62.4 Å². The number of aryl methyl sites for hydroxylation is 2. The third-order valence-electron chi connectivity index (χ3n) is 5.22.